The Kier molecular flexibility index (Phi) is 7.82. The fourth-order valence-corrected chi connectivity index (χ4v) is 3.12. The van der Waals surface area contributed by atoms with Crippen LogP contribution in [0.3, 0.4) is 0 Å². The molecular formula is C26H28N2O3. The van der Waals surface area contributed by atoms with Crippen LogP contribution >= 0.6 is 0 Å². The third kappa shape index (κ3) is 6.44. The smallest absolute Gasteiger partial charge is 0.255 e. The van der Waals surface area contributed by atoms with Crippen molar-refractivity contribution in [2.24, 2.45) is 0 Å². The summed E-state index contributed by atoms with van der Waals surface area (Å²) in [5.74, 6) is 0.412. The molecule has 0 aromatic heterocycles. The van der Waals surface area contributed by atoms with Gasteiger partial charge in [0.2, 0.25) is 0 Å². The van der Waals surface area contributed by atoms with Crippen LogP contribution in [0.25, 0.3) is 0 Å². The SMILES string of the molecule is CCCCOc1ccc(C(=O)Nc2cccc(C(=O)N(C)Cc3ccccc3)c2)cc1. The van der Waals surface area contributed by atoms with Gasteiger partial charge in [-0.3, -0.25) is 9.59 Å². The first-order valence-corrected chi connectivity index (χ1v) is 10.5. The molecule has 1 N–H and O–H groups in total. The van der Waals surface area contributed by atoms with Crippen molar-refractivity contribution in [1.82, 2.24) is 4.90 Å². The molecule has 0 aliphatic carbocycles. The standard InChI is InChI=1S/C26H28N2O3/c1-3-4-17-31-24-15-13-21(14-16-24)25(29)27-23-12-8-11-22(18-23)26(30)28(2)19-20-9-6-5-7-10-20/h5-16,18H,3-4,17,19H2,1-2H3,(H,27,29). The Hall–Kier alpha value is -3.60. The Bertz CT molecular complexity index is 1000. The molecule has 5 heteroatoms. The normalized spacial score (nSPS) is 10.4. The second-order valence-corrected chi connectivity index (χ2v) is 7.41. The first-order valence-electron chi connectivity index (χ1n) is 10.5. The number of benzene rings is 3. The highest BCUT2D eigenvalue weighted by Crippen LogP contribution is 2.17. The van der Waals surface area contributed by atoms with E-state index in [1.807, 2.05) is 30.3 Å². The zero-order chi connectivity index (χ0) is 22.1. The van der Waals surface area contributed by atoms with Crippen molar-refractivity contribution in [1.29, 1.82) is 0 Å². The minimum atomic E-state index is -0.234. The van der Waals surface area contributed by atoms with Gasteiger partial charge in [0.15, 0.2) is 0 Å². The molecule has 0 unspecified atom stereocenters. The maximum Gasteiger partial charge on any atom is 0.255 e. The van der Waals surface area contributed by atoms with E-state index in [1.54, 1.807) is 60.5 Å². The van der Waals surface area contributed by atoms with Gasteiger partial charge in [0.1, 0.15) is 5.75 Å². The molecule has 0 saturated carbocycles. The average Bonchev–Trinajstić information content (AvgIpc) is 2.80. The summed E-state index contributed by atoms with van der Waals surface area (Å²) >= 11 is 0. The van der Waals surface area contributed by atoms with E-state index < -0.39 is 0 Å². The average molecular weight is 417 g/mol. The second kappa shape index (κ2) is 11.0. The van der Waals surface area contributed by atoms with E-state index in [9.17, 15) is 9.59 Å². The summed E-state index contributed by atoms with van der Waals surface area (Å²) in [5.41, 5.74) is 2.69. The first-order chi connectivity index (χ1) is 15.1. The Morgan fingerprint density at radius 1 is 0.903 bits per heavy atom. The van der Waals surface area contributed by atoms with Crippen LogP contribution in [0.2, 0.25) is 0 Å². The first kappa shape index (κ1) is 22.1. The summed E-state index contributed by atoms with van der Waals surface area (Å²) < 4.78 is 5.63. The highest BCUT2D eigenvalue weighted by atomic mass is 16.5. The monoisotopic (exact) mass is 416 g/mol. The number of unbranched alkanes of at least 4 members (excludes halogenated alkanes) is 1. The molecule has 31 heavy (non-hydrogen) atoms. The van der Waals surface area contributed by atoms with Gasteiger partial charge < -0.3 is 15.0 Å². The quantitative estimate of drug-likeness (QED) is 0.476. The van der Waals surface area contributed by atoms with Gasteiger partial charge in [-0.05, 0) is 54.4 Å². The lowest BCUT2D eigenvalue weighted by atomic mass is 10.1. The number of amides is 2. The van der Waals surface area contributed by atoms with Crippen LogP contribution in [0.4, 0.5) is 5.69 Å². The zero-order valence-corrected chi connectivity index (χ0v) is 18.0. The Morgan fingerprint density at radius 2 is 1.65 bits per heavy atom. The van der Waals surface area contributed by atoms with Crippen molar-refractivity contribution >= 4 is 17.5 Å². The van der Waals surface area contributed by atoms with Crippen molar-refractivity contribution in [3.05, 3.63) is 95.6 Å². The Balaban J connectivity index is 1.61. The molecule has 2 amide bonds. The summed E-state index contributed by atoms with van der Waals surface area (Å²) in [4.78, 5) is 27.1. The molecule has 3 aromatic rings. The van der Waals surface area contributed by atoms with Crippen molar-refractivity contribution in [3.8, 4) is 5.75 Å². The predicted octanol–water partition coefficient (Wildman–Crippen LogP) is 5.39. The highest BCUT2D eigenvalue weighted by Gasteiger charge is 2.14. The van der Waals surface area contributed by atoms with Crippen LogP contribution in [0, 0.1) is 0 Å². The number of anilines is 1. The Labute approximate surface area is 183 Å². The van der Waals surface area contributed by atoms with Gasteiger partial charge in [0, 0.05) is 30.4 Å². The number of hydrogen-bond donors (Lipinski definition) is 1. The number of carbonyl (C=O) groups is 2. The van der Waals surface area contributed by atoms with Gasteiger partial charge in [-0.2, -0.15) is 0 Å². The molecule has 5 nitrogen and oxygen atoms in total. The minimum Gasteiger partial charge on any atom is -0.494 e. The van der Waals surface area contributed by atoms with E-state index in [0.29, 0.717) is 30.0 Å². The van der Waals surface area contributed by atoms with Crippen LogP contribution < -0.4 is 10.1 Å². The van der Waals surface area contributed by atoms with Gasteiger partial charge in [0.25, 0.3) is 11.8 Å². The largest absolute Gasteiger partial charge is 0.494 e. The number of nitrogens with zero attached hydrogens (tertiary/aromatic N) is 1. The lowest BCUT2D eigenvalue weighted by Gasteiger charge is -2.18. The van der Waals surface area contributed by atoms with Crippen molar-refractivity contribution < 1.29 is 14.3 Å². The summed E-state index contributed by atoms with van der Waals surface area (Å²) in [6.45, 7) is 3.30. The molecule has 3 aromatic carbocycles. The van der Waals surface area contributed by atoms with E-state index in [4.69, 9.17) is 4.74 Å². The molecule has 0 atom stereocenters. The van der Waals surface area contributed by atoms with Gasteiger partial charge in [-0.1, -0.05) is 49.7 Å². The second-order valence-electron chi connectivity index (χ2n) is 7.41. The number of rotatable bonds is 9. The number of nitrogens with one attached hydrogen (secondary N) is 1. The van der Waals surface area contributed by atoms with Gasteiger partial charge in [0.05, 0.1) is 6.61 Å². The van der Waals surface area contributed by atoms with Gasteiger partial charge >= 0.3 is 0 Å². The van der Waals surface area contributed by atoms with Crippen LogP contribution in [0.15, 0.2) is 78.9 Å². The third-order valence-corrected chi connectivity index (χ3v) is 4.86. The van der Waals surface area contributed by atoms with Crippen LogP contribution in [-0.2, 0) is 6.54 Å². The summed E-state index contributed by atoms with van der Waals surface area (Å²) in [7, 11) is 1.77. The molecule has 0 bridgehead atoms. The van der Waals surface area contributed by atoms with Crippen molar-refractivity contribution in [2.75, 3.05) is 19.0 Å². The van der Waals surface area contributed by atoms with E-state index >= 15 is 0 Å². The Morgan fingerprint density at radius 3 is 2.35 bits per heavy atom. The number of hydrogen-bond acceptors (Lipinski definition) is 3. The molecule has 0 aliphatic rings. The lowest BCUT2D eigenvalue weighted by Crippen LogP contribution is -2.26. The van der Waals surface area contributed by atoms with Gasteiger partial charge in [-0.15, -0.1) is 0 Å². The summed E-state index contributed by atoms with van der Waals surface area (Å²) in [5, 5.41) is 2.86. The molecule has 160 valence electrons. The summed E-state index contributed by atoms with van der Waals surface area (Å²) in [6.07, 6.45) is 2.07. The molecule has 0 radical (unpaired) electrons. The highest BCUT2D eigenvalue weighted by molar-refractivity contribution is 6.05. The number of ether oxygens (including phenoxy) is 1. The third-order valence-electron chi connectivity index (χ3n) is 4.86. The minimum absolute atomic E-state index is 0.103. The summed E-state index contributed by atoms with van der Waals surface area (Å²) in [6, 6.07) is 23.9. The van der Waals surface area contributed by atoms with E-state index in [2.05, 4.69) is 12.2 Å². The predicted molar refractivity (Wildman–Crippen MR) is 123 cm³/mol. The lowest BCUT2D eigenvalue weighted by molar-refractivity contribution is 0.0784. The number of carbonyl (C=O) groups excluding carboxylic acids is 2. The molecule has 0 heterocycles. The van der Waals surface area contributed by atoms with E-state index in [-0.39, 0.29) is 11.8 Å². The molecule has 0 spiro atoms. The molecule has 3 rings (SSSR count). The molecule has 0 saturated heterocycles. The van der Waals surface area contributed by atoms with E-state index in [1.165, 1.54) is 0 Å². The fourth-order valence-electron chi connectivity index (χ4n) is 3.12. The van der Waals surface area contributed by atoms with Crippen LogP contribution in [-0.4, -0.2) is 30.4 Å². The van der Waals surface area contributed by atoms with Crippen molar-refractivity contribution in [3.63, 3.8) is 0 Å². The van der Waals surface area contributed by atoms with Crippen LogP contribution in [0.1, 0.15) is 46.0 Å². The van der Waals surface area contributed by atoms with Gasteiger partial charge in [-0.25, -0.2) is 0 Å². The van der Waals surface area contributed by atoms with E-state index in [0.717, 1.165) is 24.2 Å². The molecule has 0 fully saturated rings. The fraction of sp³-hybridized carbons (Fsp3) is 0.231. The van der Waals surface area contributed by atoms with Crippen LogP contribution in [0.5, 0.6) is 5.75 Å². The van der Waals surface area contributed by atoms with Crippen molar-refractivity contribution in [2.45, 2.75) is 26.3 Å². The molecular weight excluding hydrogens is 388 g/mol. The zero-order valence-electron chi connectivity index (χ0n) is 18.0. The maximum absolute atomic E-state index is 12.8. The molecule has 0 aliphatic heterocycles. The maximum atomic E-state index is 12.8. The topological polar surface area (TPSA) is 58.6 Å².